The maximum atomic E-state index is 12.4. The van der Waals surface area contributed by atoms with Crippen molar-refractivity contribution < 1.29 is 9.53 Å². The molecule has 0 bridgehead atoms. The summed E-state index contributed by atoms with van der Waals surface area (Å²) in [4.78, 5) is 16.9. The number of carbonyl (C=O) groups is 1. The monoisotopic (exact) mass is 334 g/mol. The normalized spacial score (nSPS) is 11.4. The Hall–Kier alpha value is -2.88. The molecule has 0 aliphatic heterocycles. The van der Waals surface area contributed by atoms with Gasteiger partial charge in [0.25, 0.3) is 0 Å². The summed E-state index contributed by atoms with van der Waals surface area (Å²) in [5.41, 5.74) is 3.10. The lowest BCUT2D eigenvalue weighted by atomic mass is 9.94. The third-order valence-electron chi connectivity index (χ3n) is 4.10. The average Bonchev–Trinajstić information content (AvgIpc) is 2.60. The van der Waals surface area contributed by atoms with Crippen LogP contribution in [0.2, 0.25) is 0 Å². The second-order valence-electron chi connectivity index (χ2n) is 6.96. The number of carbonyl (C=O) groups excluding carboxylic acids is 1. The molecule has 1 N–H and O–H groups in total. The number of aromatic nitrogens is 1. The number of ether oxygens (including phenoxy) is 1. The maximum Gasteiger partial charge on any atom is 0.229 e. The van der Waals surface area contributed by atoms with Crippen LogP contribution < -0.4 is 10.1 Å². The van der Waals surface area contributed by atoms with Crippen molar-refractivity contribution in [3.8, 4) is 16.9 Å². The van der Waals surface area contributed by atoms with Crippen molar-refractivity contribution in [2.24, 2.45) is 5.41 Å². The molecule has 0 fully saturated rings. The molecule has 0 radical (unpaired) electrons. The first-order valence-corrected chi connectivity index (χ1v) is 8.24. The number of pyridine rings is 1. The molecule has 0 saturated carbocycles. The Morgan fingerprint density at radius 1 is 1.00 bits per heavy atom. The molecule has 128 valence electrons. The highest BCUT2D eigenvalue weighted by Gasteiger charge is 2.22. The van der Waals surface area contributed by atoms with Crippen molar-refractivity contribution in [2.75, 3.05) is 12.4 Å². The SMILES string of the molecule is COc1ccc(-c2ccccc2NC(=O)C(C)(C)C)c2cccnc12. The van der Waals surface area contributed by atoms with Crippen LogP contribution in [0.1, 0.15) is 20.8 Å². The number of anilines is 1. The van der Waals surface area contributed by atoms with Crippen molar-refractivity contribution in [3.63, 3.8) is 0 Å². The van der Waals surface area contributed by atoms with Crippen LogP contribution in [0.4, 0.5) is 5.69 Å². The maximum absolute atomic E-state index is 12.4. The van der Waals surface area contributed by atoms with Gasteiger partial charge in [0.2, 0.25) is 5.91 Å². The fraction of sp³-hybridized carbons (Fsp3) is 0.238. The summed E-state index contributed by atoms with van der Waals surface area (Å²) in [5.74, 6) is 0.714. The van der Waals surface area contributed by atoms with E-state index in [0.29, 0.717) is 0 Å². The Balaban J connectivity index is 2.15. The summed E-state index contributed by atoms with van der Waals surface area (Å²) in [6.07, 6.45) is 1.75. The first-order valence-electron chi connectivity index (χ1n) is 8.24. The summed E-state index contributed by atoms with van der Waals surface area (Å²) < 4.78 is 5.43. The largest absolute Gasteiger partial charge is 0.494 e. The molecule has 1 heterocycles. The van der Waals surface area contributed by atoms with Gasteiger partial charge < -0.3 is 10.1 Å². The van der Waals surface area contributed by atoms with Gasteiger partial charge in [0, 0.05) is 28.2 Å². The number of nitrogens with one attached hydrogen (secondary N) is 1. The summed E-state index contributed by atoms with van der Waals surface area (Å²) in [6, 6.07) is 15.7. The minimum Gasteiger partial charge on any atom is -0.494 e. The van der Waals surface area contributed by atoms with E-state index in [1.54, 1.807) is 13.3 Å². The van der Waals surface area contributed by atoms with Crippen LogP contribution in [0.5, 0.6) is 5.75 Å². The number of fused-ring (bicyclic) bond motifs is 1. The van der Waals surface area contributed by atoms with Gasteiger partial charge in [-0.05, 0) is 29.8 Å². The van der Waals surface area contributed by atoms with Gasteiger partial charge in [-0.2, -0.15) is 0 Å². The smallest absolute Gasteiger partial charge is 0.229 e. The standard InChI is InChI=1S/C21H22N2O2/c1-21(2,3)20(24)23-17-10-6-5-8-15(17)14-11-12-18(25-4)19-16(14)9-7-13-22-19/h5-13H,1-4H3,(H,23,24). The number of hydrogen-bond donors (Lipinski definition) is 1. The van der Waals surface area contributed by atoms with Crippen LogP contribution in [-0.2, 0) is 4.79 Å². The van der Waals surface area contributed by atoms with Crippen LogP contribution in [-0.4, -0.2) is 18.0 Å². The summed E-state index contributed by atoms with van der Waals surface area (Å²) in [7, 11) is 1.64. The summed E-state index contributed by atoms with van der Waals surface area (Å²) in [6.45, 7) is 5.70. The third-order valence-corrected chi connectivity index (χ3v) is 4.10. The lowest BCUT2D eigenvalue weighted by Crippen LogP contribution is -2.27. The van der Waals surface area contributed by atoms with Crippen LogP contribution in [0.3, 0.4) is 0 Å². The van der Waals surface area contributed by atoms with Gasteiger partial charge in [0.15, 0.2) is 0 Å². The molecule has 1 amide bonds. The molecular formula is C21H22N2O2. The Labute approximate surface area is 147 Å². The molecule has 4 nitrogen and oxygen atoms in total. The average molecular weight is 334 g/mol. The molecule has 4 heteroatoms. The number of para-hydroxylation sites is 1. The van der Waals surface area contributed by atoms with Crippen molar-refractivity contribution in [3.05, 3.63) is 54.7 Å². The van der Waals surface area contributed by atoms with Crippen LogP contribution in [0.15, 0.2) is 54.7 Å². The van der Waals surface area contributed by atoms with E-state index in [1.807, 2.05) is 69.3 Å². The summed E-state index contributed by atoms with van der Waals surface area (Å²) >= 11 is 0. The van der Waals surface area contributed by atoms with E-state index in [0.717, 1.165) is 33.5 Å². The molecule has 1 aromatic heterocycles. The van der Waals surface area contributed by atoms with E-state index < -0.39 is 5.41 Å². The molecule has 0 aliphatic carbocycles. The highest BCUT2D eigenvalue weighted by molar-refractivity contribution is 6.04. The number of nitrogens with zero attached hydrogens (tertiary/aromatic N) is 1. The zero-order chi connectivity index (χ0) is 18.0. The van der Waals surface area contributed by atoms with Crippen molar-refractivity contribution in [1.82, 2.24) is 4.98 Å². The number of amides is 1. The van der Waals surface area contributed by atoms with Crippen LogP contribution in [0.25, 0.3) is 22.0 Å². The first-order chi connectivity index (χ1) is 11.9. The molecule has 0 spiro atoms. The molecule has 0 unspecified atom stereocenters. The van der Waals surface area contributed by atoms with Crippen LogP contribution in [0, 0.1) is 5.41 Å². The van der Waals surface area contributed by atoms with E-state index in [1.165, 1.54) is 0 Å². The van der Waals surface area contributed by atoms with E-state index in [2.05, 4.69) is 10.3 Å². The predicted molar refractivity (Wildman–Crippen MR) is 102 cm³/mol. The van der Waals surface area contributed by atoms with Gasteiger partial charge in [-0.15, -0.1) is 0 Å². The topological polar surface area (TPSA) is 51.2 Å². The second-order valence-corrected chi connectivity index (χ2v) is 6.96. The Kier molecular flexibility index (Phi) is 4.45. The number of methoxy groups -OCH3 is 1. The van der Waals surface area contributed by atoms with Gasteiger partial charge in [-0.3, -0.25) is 9.78 Å². The number of hydrogen-bond acceptors (Lipinski definition) is 3. The quantitative estimate of drug-likeness (QED) is 0.741. The fourth-order valence-corrected chi connectivity index (χ4v) is 2.68. The molecule has 2 aromatic carbocycles. The van der Waals surface area contributed by atoms with Gasteiger partial charge in [-0.25, -0.2) is 0 Å². The molecule has 0 saturated heterocycles. The predicted octanol–water partition coefficient (Wildman–Crippen LogP) is 4.90. The van der Waals surface area contributed by atoms with E-state index >= 15 is 0 Å². The van der Waals surface area contributed by atoms with E-state index in [4.69, 9.17) is 4.74 Å². The van der Waals surface area contributed by atoms with Gasteiger partial charge >= 0.3 is 0 Å². The zero-order valence-corrected chi connectivity index (χ0v) is 15.0. The van der Waals surface area contributed by atoms with Crippen molar-refractivity contribution in [1.29, 1.82) is 0 Å². The number of rotatable bonds is 3. The number of benzene rings is 2. The van der Waals surface area contributed by atoms with E-state index in [9.17, 15) is 4.79 Å². The minimum absolute atomic E-state index is 0.0177. The first kappa shape index (κ1) is 17.0. The van der Waals surface area contributed by atoms with Crippen molar-refractivity contribution >= 4 is 22.5 Å². The lowest BCUT2D eigenvalue weighted by molar-refractivity contribution is -0.123. The fourth-order valence-electron chi connectivity index (χ4n) is 2.68. The minimum atomic E-state index is -0.462. The highest BCUT2D eigenvalue weighted by atomic mass is 16.5. The highest BCUT2D eigenvalue weighted by Crippen LogP contribution is 2.37. The molecule has 0 aliphatic rings. The van der Waals surface area contributed by atoms with Crippen LogP contribution >= 0.6 is 0 Å². The van der Waals surface area contributed by atoms with Gasteiger partial charge in [-0.1, -0.05) is 45.0 Å². The van der Waals surface area contributed by atoms with Gasteiger partial charge in [0.05, 0.1) is 7.11 Å². The van der Waals surface area contributed by atoms with Gasteiger partial charge in [0.1, 0.15) is 11.3 Å². The molecule has 25 heavy (non-hydrogen) atoms. The third kappa shape index (κ3) is 3.33. The van der Waals surface area contributed by atoms with E-state index in [-0.39, 0.29) is 5.91 Å². The lowest BCUT2D eigenvalue weighted by Gasteiger charge is -2.20. The molecule has 3 aromatic rings. The zero-order valence-electron chi connectivity index (χ0n) is 15.0. The Morgan fingerprint density at radius 3 is 2.48 bits per heavy atom. The molecule has 0 atom stereocenters. The Morgan fingerprint density at radius 2 is 1.76 bits per heavy atom. The summed E-state index contributed by atoms with van der Waals surface area (Å²) in [5, 5.41) is 4.04. The Bertz CT molecular complexity index is 927. The second kappa shape index (κ2) is 6.55. The molecule has 3 rings (SSSR count). The molecular weight excluding hydrogens is 312 g/mol. The van der Waals surface area contributed by atoms with Crippen molar-refractivity contribution in [2.45, 2.75) is 20.8 Å².